The van der Waals surface area contributed by atoms with Crippen LogP contribution in [0.1, 0.15) is 29.8 Å². The number of aliphatic hydroxyl groups excluding tert-OH is 1. The lowest BCUT2D eigenvalue weighted by atomic mass is 9.96. The zero-order valence-electron chi connectivity index (χ0n) is 14.7. The zero-order valence-corrected chi connectivity index (χ0v) is 14.7. The van der Waals surface area contributed by atoms with Gasteiger partial charge in [-0.3, -0.25) is 14.6 Å². The van der Waals surface area contributed by atoms with Gasteiger partial charge in [0.2, 0.25) is 5.91 Å². The van der Waals surface area contributed by atoms with Crippen molar-refractivity contribution in [1.29, 1.82) is 0 Å². The molecule has 0 aliphatic carbocycles. The maximum absolute atomic E-state index is 12.4. The summed E-state index contributed by atoms with van der Waals surface area (Å²) < 4.78 is 11.1. The molecule has 2 N–H and O–H groups in total. The molecule has 8 nitrogen and oxygen atoms in total. The highest BCUT2D eigenvalue weighted by molar-refractivity contribution is 5.92. The van der Waals surface area contributed by atoms with Crippen LogP contribution in [-0.4, -0.2) is 78.0 Å². The van der Waals surface area contributed by atoms with Gasteiger partial charge in [0.05, 0.1) is 38.4 Å². The van der Waals surface area contributed by atoms with Gasteiger partial charge in [-0.05, 0) is 25.0 Å². The Bertz CT molecular complexity index is 606. The van der Waals surface area contributed by atoms with Crippen molar-refractivity contribution < 1.29 is 24.2 Å². The first kappa shape index (κ1) is 18.8. The molecule has 0 spiro atoms. The fourth-order valence-corrected chi connectivity index (χ4v) is 3.32. The van der Waals surface area contributed by atoms with E-state index in [0.717, 1.165) is 0 Å². The number of rotatable bonds is 5. The molecule has 3 atom stereocenters. The number of nitrogens with zero attached hydrogens (tertiary/aromatic N) is 2. The van der Waals surface area contributed by atoms with Crippen LogP contribution < -0.4 is 5.32 Å². The minimum atomic E-state index is -0.529. The standard InChI is InChI=1S/C18H25N3O5/c22-12-16-14(20-18(24)15-3-1-2-6-19-15)5-4-13(26-16)11-17(23)21-7-9-25-10-8-21/h1-3,6,13-14,16,22H,4-5,7-12H2,(H,20,24)/t13-,14+,16+/m0/s1. The van der Waals surface area contributed by atoms with Crippen LogP contribution in [0.3, 0.4) is 0 Å². The van der Waals surface area contributed by atoms with Gasteiger partial charge in [0.25, 0.3) is 5.91 Å². The van der Waals surface area contributed by atoms with Crippen molar-refractivity contribution in [2.75, 3.05) is 32.9 Å². The minimum absolute atomic E-state index is 0.0472. The van der Waals surface area contributed by atoms with E-state index in [2.05, 4.69) is 10.3 Å². The van der Waals surface area contributed by atoms with Crippen LogP contribution in [0, 0.1) is 0 Å². The number of carbonyl (C=O) groups excluding carboxylic acids is 2. The predicted octanol–water partition coefficient (Wildman–Crippen LogP) is -0.0312. The quantitative estimate of drug-likeness (QED) is 0.762. The molecule has 142 valence electrons. The number of hydrogen-bond acceptors (Lipinski definition) is 6. The van der Waals surface area contributed by atoms with Gasteiger partial charge in [-0.15, -0.1) is 0 Å². The first-order valence-electron chi connectivity index (χ1n) is 9.01. The molecule has 2 amide bonds. The molecule has 1 aromatic rings. The molecule has 2 fully saturated rings. The highest BCUT2D eigenvalue weighted by Gasteiger charge is 2.34. The second-order valence-corrected chi connectivity index (χ2v) is 6.55. The van der Waals surface area contributed by atoms with Crippen LogP contribution in [0.25, 0.3) is 0 Å². The van der Waals surface area contributed by atoms with E-state index < -0.39 is 6.10 Å². The Labute approximate surface area is 152 Å². The number of amides is 2. The lowest BCUT2D eigenvalue weighted by Gasteiger charge is -2.37. The second kappa shape index (κ2) is 9.07. The molecular formula is C18H25N3O5. The van der Waals surface area contributed by atoms with Crippen molar-refractivity contribution in [3.63, 3.8) is 0 Å². The summed E-state index contributed by atoms with van der Waals surface area (Å²) in [5.41, 5.74) is 0.328. The Balaban J connectivity index is 1.51. The van der Waals surface area contributed by atoms with E-state index in [0.29, 0.717) is 44.8 Å². The predicted molar refractivity (Wildman–Crippen MR) is 92.5 cm³/mol. The maximum Gasteiger partial charge on any atom is 0.270 e. The molecule has 0 aromatic carbocycles. The molecule has 2 aliphatic heterocycles. The molecule has 0 saturated carbocycles. The molecule has 0 radical (unpaired) electrons. The van der Waals surface area contributed by atoms with Gasteiger partial charge in [0.15, 0.2) is 0 Å². The van der Waals surface area contributed by atoms with E-state index in [9.17, 15) is 14.7 Å². The summed E-state index contributed by atoms with van der Waals surface area (Å²) in [5, 5.41) is 12.5. The molecular weight excluding hydrogens is 338 g/mol. The normalized spacial score (nSPS) is 26.3. The van der Waals surface area contributed by atoms with Gasteiger partial charge in [-0.1, -0.05) is 6.07 Å². The molecule has 0 bridgehead atoms. The van der Waals surface area contributed by atoms with E-state index in [1.54, 1.807) is 29.3 Å². The molecule has 2 aliphatic rings. The molecule has 3 rings (SSSR count). The van der Waals surface area contributed by atoms with Crippen molar-refractivity contribution in [1.82, 2.24) is 15.2 Å². The highest BCUT2D eigenvalue weighted by Crippen LogP contribution is 2.23. The van der Waals surface area contributed by atoms with Crippen molar-refractivity contribution in [3.8, 4) is 0 Å². The molecule has 3 heterocycles. The number of carbonyl (C=O) groups is 2. The fourth-order valence-electron chi connectivity index (χ4n) is 3.32. The first-order chi connectivity index (χ1) is 12.7. The van der Waals surface area contributed by atoms with Crippen LogP contribution in [0.5, 0.6) is 0 Å². The van der Waals surface area contributed by atoms with Crippen LogP contribution in [0.2, 0.25) is 0 Å². The number of morpholine rings is 1. The maximum atomic E-state index is 12.4. The van der Waals surface area contributed by atoms with Gasteiger partial charge >= 0.3 is 0 Å². The summed E-state index contributed by atoms with van der Waals surface area (Å²) in [5.74, 6) is -0.244. The topological polar surface area (TPSA) is 101 Å². The average molecular weight is 363 g/mol. The summed E-state index contributed by atoms with van der Waals surface area (Å²) in [6.07, 6.45) is 2.37. The Hall–Kier alpha value is -2.03. The number of nitrogens with one attached hydrogen (secondary N) is 1. The van der Waals surface area contributed by atoms with Crippen LogP contribution in [0.15, 0.2) is 24.4 Å². The van der Waals surface area contributed by atoms with Crippen LogP contribution in [0.4, 0.5) is 0 Å². The number of pyridine rings is 1. The Morgan fingerprint density at radius 1 is 1.27 bits per heavy atom. The number of ether oxygens (including phenoxy) is 2. The van der Waals surface area contributed by atoms with E-state index in [1.807, 2.05) is 0 Å². The summed E-state index contributed by atoms with van der Waals surface area (Å²) in [6, 6.07) is 4.82. The third-order valence-electron chi connectivity index (χ3n) is 4.78. The van der Waals surface area contributed by atoms with Crippen LogP contribution >= 0.6 is 0 Å². The zero-order chi connectivity index (χ0) is 18.4. The average Bonchev–Trinajstić information content (AvgIpc) is 2.70. The Morgan fingerprint density at radius 2 is 2.08 bits per heavy atom. The molecule has 1 aromatic heterocycles. The lowest BCUT2D eigenvalue weighted by Crippen LogP contribution is -2.52. The van der Waals surface area contributed by atoms with Gasteiger partial charge in [0.1, 0.15) is 11.8 Å². The number of aliphatic hydroxyl groups is 1. The van der Waals surface area contributed by atoms with Gasteiger partial charge < -0.3 is 24.8 Å². The third kappa shape index (κ3) is 4.78. The van der Waals surface area contributed by atoms with Crippen molar-refractivity contribution >= 4 is 11.8 Å². The summed E-state index contributed by atoms with van der Waals surface area (Å²) in [7, 11) is 0. The van der Waals surface area contributed by atoms with Gasteiger partial charge in [-0.2, -0.15) is 0 Å². The largest absolute Gasteiger partial charge is 0.394 e. The smallest absolute Gasteiger partial charge is 0.270 e. The van der Waals surface area contributed by atoms with Gasteiger partial charge in [-0.25, -0.2) is 0 Å². The number of hydrogen-bond donors (Lipinski definition) is 2. The molecule has 8 heteroatoms. The van der Waals surface area contributed by atoms with Crippen LogP contribution in [-0.2, 0) is 14.3 Å². The van der Waals surface area contributed by atoms with Gasteiger partial charge in [0, 0.05) is 19.3 Å². The minimum Gasteiger partial charge on any atom is -0.394 e. The summed E-state index contributed by atoms with van der Waals surface area (Å²) in [6.45, 7) is 2.14. The number of aromatic nitrogens is 1. The fraction of sp³-hybridized carbons (Fsp3) is 0.611. The van der Waals surface area contributed by atoms with E-state index >= 15 is 0 Å². The SMILES string of the molecule is O=C(N[C@@H]1CC[C@@H](CC(=O)N2CCOCC2)O[C@@H]1CO)c1ccccn1. The molecule has 2 saturated heterocycles. The van der Waals surface area contributed by atoms with Crippen molar-refractivity contribution in [2.24, 2.45) is 0 Å². The Kier molecular flexibility index (Phi) is 6.54. The monoisotopic (exact) mass is 363 g/mol. The molecule has 0 unspecified atom stereocenters. The third-order valence-corrected chi connectivity index (χ3v) is 4.78. The molecule has 26 heavy (non-hydrogen) atoms. The second-order valence-electron chi connectivity index (χ2n) is 6.55. The van der Waals surface area contributed by atoms with E-state index in [4.69, 9.17) is 9.47 Å². The van der Waals surface area contributed by atoms with Crippen molar-refractivity contribution in [3.05, 3.63) is 30.1 Å². The Morgan fingerprint density at radius 3 is 2.77 bits per heavy atom. The van der Waals surface area contributed by atoms with Crippen molar-refractivity contribution in [2.45, 2.75) is 37.5 Å². The summed E-state index contributed by atoms with van der Waals surface area (Å²) in [4.78, 5) is 30.4. The first-order valence-corrected chi connectivity index (χ1v) is 9.01. The summed E-state index contributed by atoms with van der Waals surface area (Å²) >= 11 is 0. The van der Waals surface area contributed by atoms with E-state index in [-0.39, 0.29) is 37.0 Å². The lowest BCUT2D eigenvalue weighted by molar-refractivity contribution is -0.143. The highest BCUT2D eigenvalue weighted by atomic mass is 16.5. The van der Waals surface area contributed by atoms with E-state index in [1.165, 1.54) is 0 Å².